The lowest BCUT2D eigenvalue weighted by molar-refractivity contribution is 0.795. The number of aryl methyl sites for hydroxylation is 1. The molecule has 1 aliphatic carbocycles. The van der Waals surface area contributed by atoms with Crippen molar-refractivity contribution in [2.24, 2.45) is 0 Å². The van der Waals surface area contributed by atoms with Crippen molar-refractivity contribution < 1.29 is 0 Å². The molecule has 0 heterocycles. The first-order chi connectivity index (χ1) is 5.88. The van der Waals surface area contributed by atoms with Crippen molar-refractivity contribution in [2.45, 2.75) is 25.7 Å². The van der Waals surface area contributed by atoms with Crippen LogP contribution in [0.4, 0.5) is 0 Å². The third-order valence-corrected chi connectivity index (χ3v) is 2.60. The van der Waals surface area contributed by atoms with Crippen molar-refractivity contribution in [2.75, 3.05) is 0 Å². The van der Waals surface area contributed by atoms with Gasteiger partial charge in [-0.2, -0.15) is 0 Å². The summed E-state index contributed by atoms with van der Waals surface area (Å²) in [5.74, 6) is 0.686. The first kappa shape index (κ1) is 7.60. The van der Waals surface area contributed by atoms with E-state index in [4.69, 9.17) is 0 Å². The van der Waals surface area contributed by atoms with E-state index in [9.17, 15) is 0 Å². The van der Waals surface area contributed by atoms with Crippen LogP contribution in [0.3, 0.4) is 0 Å². The fourth-order valence-corrected chi connectivity index (χ4v) is 1.89. The highest BCUT2D eigenvalue weighted by atomic mass is 14.2. The van der Waals surface area contributed by atoms with E-state index in [0.29, 0.717) is 5.92 Å². The maximum Gasteiger partial charge on any atom is 0.00235 e. The summed E-state index contributed by atoms with van der Waals surface area (Å²) in [7, 11) is 0. The molecule has 1 aromatic carbocycles. The largest absolute Gasteiger partial charge is 0.0879 e. The van der Waals surface area contributed by atoms with E-state index in [-0.39, 0.29) is 0 Å². The molecule has 1 atom stereocenters. The van der Waals surface area contributed by atoms with E-state index < -0.39 is 0 Å². The van der Waals surface area contributed by atoms with Gasteiger partial charge in [0.1, 0.15) is 0 Å². The lowest BCUT2D eigenvalue weighted by atomic mass is 9.95. The van der Waals surface area contributed by atoms with Gasteiger partial charge < -0.3 is 0 Å². The number of hydrogen-bond acceptors (Lipinski definition) is 0. The Labute approximate surface area is 73.9 Å². The molecule has 0 spiro atoms. The highest BCUT2D eigenvalue weighted by Gasteiger charge is 2.12. The molecule has 0 aromatic heterocycles. The van der Waals surface area contributed by atoms with Crippen molar-refractivity contribution in [1.82, 2.24) is 0 Å². The van der Waals surface area contributed by atoms with Gasteiger partial charge in [0, 0.05) is 5.92 Å². The number of allylic oxidation sites excluding steroid dienone is 2. The summed E-state index contributed by atoms with van der Waals surface area (Å²) in [6.45, 7) is 2.20. The van der Waals surface area contributed by atoms with Gasteiger partial charge in [-0.1, -0.05) is 36.4 Å². The van der Waals surface area contributed by atoms with Crippen LogP contribution < -0.4 is 0 Å². The van der Waals surface area contributed by atoms with E-state index in [1.807, 2.05) is 0 Å². The number of hydrogen-bond donors (Lipinski definition) is 0. The molecule has 0 bridgehead atoms. The van der Waals surface area contributed by atoms with Crippen LogP contribution in [-0.4, -0.2) is 0 Å². The molecular weight excluding hydrogens is 144 g/mol. The SMILES string of the molecule is Cc1ccccc1C1C=CCC1. The van der Waals surface area contributed by atoms with Gasteiger partial charge in [0.05, 0.1) is 0 Å². The fraction of sp³-hybridized carbons (Fsp3) is 0.333. The van der Waals surface area contributed by atoms with Gasteiger partial charge >= 0.3 is 0 Å². The Kier molecular flexibility index (Phi) is 1.99. The van der Waals surface area contributed by atoms with E-state index >= 15 is 0 Å². The minimum absolute atomic E-state index is 0.686. The zero-order valence-corrected chi connectivity index (χ0v) is 7.46. The molecule has 1 unspecified atom stereocenters. The summed E-state index contributed by atoms with van der Waals surface area (Å²) in [5, 5.41) is 0. The van der Waals surface area contributed by atoms with Crippen LogP contribution in [-0.2, 0) is 0 Å². The molecule has 0 heteroatoms. The Morgan fingerprint density at radius 1 is 1.25 bits per heavy atom. The summed E-state index contributed by atoms with van der Waals surface area (Å²) in [4.78, 5) is 0. The second kappa shape index (κ2) is 3.14. The maximum absolute atomic E-state index is 2.34. The second-order valence-corrected chi connectivity index (χ2v) is 3.47. The zero-order chi connectivity index (χ0) is 8.39. The van der Waals surface area contributed by atoms with Gasteiger partial charge in [0.2, 0.25) is 0 Å². The van der Waals surface area contributed by atoms with Crippen LogP contribution in [0.25, 0.3) is 0 Å². The number of benzene rings is 1. The molecule has 62 valence electrons. The molecule has 0 fully saturated rings. The molecule has 0 nitrogen and oxygen atoms in total. The van der Waals surface area contributed by atoms with Crippen molar-refractivity contribution >= 4 is 0 Å². The lowest BCUT2D eigenvalue weighted by Gasteiger charge is -2.10. The quantitative estimate of drug-likeness (QED) is 0.549. The molecule has 12 heavy (non-hydrogen) atoms. The first-order valence-electron chi connectivity index (χ1n) is 4.60. The van der Waals surface area contributed by atoms with E-state index in [1.54, 1.807) is 0 Å². The number of rotatable bonds is 1. The van der Waals surface area contributed by atoms with Crippen LogP contribution in [0.15, 0.2) is 36.4 Å². The van der Waals surface area contributed by atoms with Crippen molar-refractivity contribution in [3.63, 3.8) is 0 Å². The van der Waals surface area contributed by atoms with Crippen LogP contribution in [0.1, 0.15) is 29.9 Å². The normalized spacial score (nSPS) is 21.6. The van der Waals surface area contributed by atoms with Crippen LogP contribution in [0, 0.1) is 6.92 Å². The zero-order valence-electron chi connectivity index (χ0n) is 7.46. The minimum Gasteiger partial charge on any atom is -0.0879 e. The summed E-state index contributed by atoms with van der Waals surface area (Å²) in [6.07, 6.45) is 7.17. The van der Waals surface area contributed by atoms with Gasteiger partial charge in [-0.15, -0.1) is 0 Å². The lowest BCUT2D eigenvalue weighted by Crippen LogP contribution is -1.93. The molecular formula is C12H14. The molecule has 0 saturated carbocycles. The highest BCUT2D eigenvalue weighted by molar-refractivity contribution is 5.33. The van der Waals surface area contributed by atoms with E-state index in [2.05, 4.69) is 43.3 Å². The Bertz CT molecular complexity index is 297. The van der Waals surface area contributed by atoms with E-state index in [0.717, 1.165) is 0 Å². The van der Waals surface area contributed by atoms with E-state index in [1.165, 1.54) is 24.0 Å². The standard InChI is InChI=1S/C12H14/c1-10-6-2-5-9-12(10)11-7-3-4-8-11/h2-3,5-7,9,11H,4,8H2,1H3. The van der Waals surface area contributed by atoms with Gasteiger partial charge in [-0.05, 0) is 30.9 Å². The minimum atomic E-state index is 0.686. The fourth-order valence-electron chi connectivity index (χ4n) is 1.89. The molecule has 0 N–H and O–H groups in total. The Morgan fingerprint density at radius 2 is 2.08 bits per heavy atom. The third kappa shape index (κ3) is 1.29. The smallest absolute Gasteiger partial charge is 0.00235 e. The molecule has 1 aromatic rings. The van der Waals surface area contributed by atoms with Crippen LogP contribution in [0.2, 0.25) is 0 Å². The van der Waals surface area contributed by atoms with Crippen LogP contribution in [0.5, 0.6) is 0 Å². The third-order valence-electron chi connectivity index (χ3n) is 2.60. The Morgan fingerprint density at radius 3 is 2.75 bits per heavy atom. The molecule has 0 radical (unpaired) electrons. The molecule has 0 aliphatic heterocycles. The average Bonchev–Trinajstić information content (AvgIpc) is 2.57. The van der Waals surface area contributed by atoms with Crippen molar-refractivity contribution in [3.8, 4) is 0 Å². The molecule has 0 saturated heterocycles. The highest BCUT2D eigenvalue weighted by Crippen LogP contribution is 2.29. The van der Waals surface area contributed by atoms with Gasteiger partial charge in [0.25, 0.3) is 0 Å². The predicted octanol–water partition coefficient (Wildman–Crippen LogP) is 3.43. The molecule has 1 aliphatic rings. The van der Waals surface area contributed by atoms with Crippen molar-refractivity contribution in [3.05, 3.63) is 47.5 Å². The summed E-state index contributed by atoms with van der Waals surface area (Å²) >= 11 is 0. The predicted molar refractivity (Wildman–Crippen MR) is 52.3 cm³/mol. The second-order valence-electron chi connectivity index (χ2n) is 3.47. The van der Waals surface area contributed by atoms with Gasteiger partial charge in [0.15, 0.2) is 0 Å². The monoisotopic (exact) mass is 158 g/mol. The average molecular weight is 158 g/mol. The van der Waals surface area contributed by atoms with Crippen molar-refractivity contribution in [1.29, 1.82) is 0 Å². The Balaban J connectivity index is 2.33. The molecule has 0 amide bonds. The summed E-state index contributed by atoms with van der Waals surface area (Å²) in [5.41, 5.74) is 2.93. The van der Waals surface area contributed by atoms with Gasteiger partial charge in [-0.25, -0.2) is 0 Å². The van der Waals surface area contributed by atoms with Crippen LogP contribution >= 0.6 is 0 Å². The summed E-state index contributed by atoms with van der Waals surface area (Å²) in [6, 6.07) is 8.68. The topological polar surface area (TPSA) is 0 Å². The Hall–Kier alpha value is -1.04. The first-order valence-corrected chi connectivity index (χ1v) is 4.60. The maximum atomic E-state index is 2.34. The van der Waals surface area contributed by atoms with Gasteiger partial charge in [-0.3, -0.25) is 0 Å². The molecule has 2 rings (SSSR count). The summed E-state index contributed by atoms with van der Waals surface area (Å²) < 4.78 is 0.